The molecule has 0 radical (unpaired) electrons. The maximum absolute atomic E-state index is 12.5. The fourth-order valence-corrected chi connectivity index (χ4v) is 3.14. The third kappa shape index (κ3) is 3.36. The number of carbonyl (C=O) groups is 1. The highest BCUT2D eigenvalue weighted by molar-refractivity contribution is 5.87. The highest BCUT2D eigenvalue weighted by Gasteiger charge is 2.26. The molecule has 0 spiro atoms. The van der Waals surface area contributed by atoms with Crippen molar-refractivity contribution in [2.45, 2.75) is 32.6 Å². The third-order valence-corrected chi connectivity index (χ3v) is 4.21. The molecule has 4 rings (SSSR count). The topological polar surface area (TPSA) is 114 Å². The van der Waals surface area contributed by atoms with Crippen molar-refractivity contribution >= 4 is 28.4 Å². The van der Waals surface area contributed by atoms with Crippen molar-refractivity contribution in [1.82, 2.24) is 34.8 Å². The lowest BCUT2D eigenvalue weighted by Gasteiger charge is -2.35. The van der Waals surface area contributed by atoms with Crippen LogP contribution in [0.3, 0.4) is 0 Å². The van der Waals surface area contributed by atoms with Crippen molar-refractivity contribution in [1.29, 1.82) is 0 Å². The van der Waals surface area contributed by atoms with Gasteiger partial charge in [-0.1, -0.05) is 0 Å². The molecule has 4 heterocycles. The first kappa shape index (κ1) is 16.5. The SMILES string of the molecule is CC1CN(C(=O)Cn2cc(Nc3ncnc4[nH]ncc34)cn2)CC(C)O1. The highest BCUT2D eigenvalue weighted by Crippen LogP contribution is 2.20. The van der Waals surface area contributed by atoms with Gasteiger partial charge < -0.3 is 15.0 Å². The average Bonchev–Trinajstić information content (AvgIpc) is 3.24. The van der Waals surface area contributed by atoms with Crippen LogP contribution in [0.5, 0.6) is 0 Å². The molecule has 1 aliphatic heterocycles. The van der Waals surface area contributed by atoms with E-state index in [0.717, 1.165) is 11.1 Å². The van der Waals surface area contributed by atoms with Crippen LogP contribution in [0.15, 0.2) is 24.9 Å². The van der Waals surface area contributed by atoms with Crippen molar-refractivity contribution in [3.8, 4) is 0 Å². The number of hydrogen-bond donors (Lipinski definition) is 2. The number of anilines is 2. The minimum absolute atomic E-state index is 0.0286. The molecule has 1 amide bonds. The summed E-state index contributed by atoms with van der Waals surface area (Å²) in [4.78, 5) is 22.7. The van der Waals surface area contributed by atoms with Crippen LogP contribution in [-0.2, 0) is 16.1 Å². The molecule has 2 atom stereocenters. The van der Waals surface area contributed by atoms with Gasteiger partial charge in [-0.15, -0.1) is 0 Å². The lowest BCUT2D eigenvalue weighted by atomic mass is 10.2. The largest absolute Gasteiger partial charge is 0.372 e. The lowest BCUT2D eigenvalue weighted by Crippen LogP contribution is -2.49. The van der Waals surface area contributed by atoms with E-state index in [1.54, 1.807) is 23.3 Å². The Hall–Kier alpha value is -3.01. The van der Waals surface area contributed by atoms with Crippen LogP contribution in [-0.4, -0.2) is 66.1 Å². The molecule has 0 bridgehead atoms. The van der Waals surface area contributed by atoms with Crippen LogP contribution in [0.25, 0.3) is 11.0 Å². The van der Waals surface area contributed by atoms with Gasteiger partial charge in [0.1, 0.15) is 18.7 Å². The minimum Gasteiger partial charge on any atom is -0.372 e. The predicted octanol–water partition coefficient (Wildman–Crippen LogP) is 0.929. The van der Waals surface area contributed by atoms with Gasteiger partial charge in [0.15, 0.2) is 5.65 Å². The Morgan fingerprint density at radius 2 is 2.12 bits per heavy atom. The van der Waals surface area contributed by atoms with Crippen LogP contribution >= 0.6 is 0 Å². The Bertz CT molecular complexity index is 910. The van der Waals surface area contributed by atoms with Crippen molar-refractivity contribution in [2.24, 2.45) is 0 Å². The number of nitrogens with one attached hydrogen (secondary N) is 2. The summed E-state index contributed by atoms with van der Waals surface area (Å²) in [7, 11) is 0. The second-order valence-electron chi connectivity index (χ2n) is 6.46. The molecule has 3 aromatic heterocycles. The normalized spacial score (nSPS) is 20.5. The van der Waals surface area contributed by atoms with Gasteiger partial charge in [0.05, 0.1) is 35.7 Å². The number of H-pyrrole nitrogens is 1. The van der Waals surface area contributed by atoms with Crippen molar-refractivity contribution in [3.05, 3.63) is 24.9 Å². The zero-order valence-corrected chi connectivity index (χ0v) is 14.6. The third-order valence-electron chi connectivity index (χ3n) is 4.21. The van der Waals surface area contributed by atoms with Crippen LogP contribution in [0.4, 0.5) is 11.5 Å². The van der Waals surface area contributed by atoms with E-state index in [4.69, 9.17) is 4.74 Å². The Kier molecular flexibility index (Phi) is 4.25. The van der Waals surface area contributed by atoms with Gasteiger partial charge in [-0.05, 0) is 13.8 Å². The van der Waals surface area contributed by atoms with E-state index in [2.05, 4.69) is 30.6 Å². The summed E-state index contributed by atoms with van der Waals surface area (Å²) in [5, 5.41) is 15.0. The summed E-state index contributed by atoms with van der Waals surface area (Å²) in [6, 6.07) is 0. The number of ether oxygens (including phenoxy) is 1. The van der Waals surface area contributed by atoms with Crippen LogP contribution in [0.1, 0.15) is 13.8 Å². The van der Waals surface area contributed by atoms with E-state index < -0.39 is 0 Å². The van der Waals surface area contributed by atoms with Gasteiger partial charge >= 0.3 is 0 Å². The van der Waals surface area contributed by atoms with Crippen molar-refractivity contribution in [3.63, 3.8) is 0 Å². The summed E-state index contributed by atoms with van der Waals surface area (Å²) < 4.78 is 7.28. The predicted molar refractivity (Wildman–Crippen MR) is 93.8 cm³/mol. The number of fused-ring (bicyclic) bond motifs is 1. The number of morpholine rings is 1. The number of nitrogens with zero attached hydrogens (tertiary/aromatic N) is 6. The van der Waals surface area contributed by atoms with Crippen LogP contribution in [0, 0.1) is 0 Å². The smallest absolute Gasteiger partial charge is 0.244 e. The number of rotatable bonds is 4. The van der Waals surface area contributed by atoms with Crippen molar-refractivity contribution < 1.29 is 9.53 Å². The molecule has 10 heteroatoms. The second-order valence-corrected chi connectivity index (χ2v) is 6.46. The van der Waals surface area contributed by atoms with Gasteiger partial charge in [-0.3, -0.25) is 14.6 Å². The Labute approximate surface area is 149 Å². The minimum atomic E-state index is 0.0286. The van der Waals surface area contributed by atoms with Gasteiger partial charge in [-0.2, -0.15) is 10.2 Å². The summed E-state index contributed by atoms with van der Waals surface area (Å²) in [6.07, 6.45) is 6.65. The Morgan fingerprint density at radius 3 is 2.92 bits per heavy atom. The summed E-state index contributed by atoms with van der Waals surface area (Å²) >= 11 is 0. The molecular formula is C16H20N8O2. The Morgan fingerprint density at radius 1 is 1.31 bits per heavy atom. The van der Waals surface area contributed by atoms with Gasteiger partial charge in [0.2, 0.25) is 5.91 Å². The van der Waals surface area contributed by atoms with E-state index in [9.17, 15) is 4.79 Å². The summed E-state index contributed by atoms with van der Waals surface area (Å²) in [6.45, 7) is 5.35. The van der Waals surface area contributed by atoms with E-state index in [1.807, 2.05) is 18.7 Å². The first-order chi connectivity index (χ1) is 12.6. The Balaban J connectivity index is 1.43. The quantitative estimate of drug-likeness (QED) is 0.715. The molecular weight excluding hydrogens is 336 g/mol. The maximum atomic E-state index is 12.5. The first-order valence-corrected chi connectivity index (χ1v) is 8.45. The zero-order chi connectivity index (χ0) is 18.1. The van der Waals surface area contributed by atoms with Gasteiger partial charge in [0, 0.05) is 19.3 Å². The monoisotopic (exact) mass is 356 g/mol. The fraction of sp³-hybridized carbons (Fsp3) is 0.438. The number of hydrogen-bond acceptors (Lipinski definition) is 7. The van der Waals surface area contributed by atoms with Crippen LogP contribution < -0.4 is 5.32 Å². The fourth-order valence-electron chi connectivity index (χ4n) is 3.14. The summed E-state index contributed by atoms with van der Waals surface area (Å²) in [5.74, 6) is 0.659. The lowest BCUT2D eigenvalue weighted by molar-refractivity contribution is -0.144. The van der Waals surface area contributed by atoms with Gasteiger partial charge in [-0.25, -0.2) is 9.97 Å². The van der Waals surface area contributed by atoms with E-state index in [-0.39, 0.29) is 24.7 Å². The van der Waals surface area contributed by atoms with E-state index in [1.165, 1.54) is 6.33 Å². The molecule has 10 nitrogen and oxygen atoms in total. The first-order valence-electron chi connectivity index (χ1n) is 8.45. The van der Waals surface area contributed by atoms with E-state index >= 15 is 0 Å². The van der Waals surface area contributed by atoms with E-state index in [0.29, 0.717) is 24.6 Å². The van der Waals surface area contributed by atoms with Crippen LogP contribution in [0.2, 0.25) is 0 Å². The summed E-state index contributed by atoms with van der Waals surface area (Å²) in [5.41, 5.74) is 1.39. The molecule has 1 fully saturated rings. The number of carbonyl (C=O) groups excluding carboxylic acids is 1. The number of aromatic amines is 1. The standard InChI is InChI=1S/C16H20N8O2/c1-10-5-23(6-11(2)26-10)14(25)8-24-7-12(3-20-24)21-15-13-4-19-22-16(13)18-9-17-15/h3-4,7,9-11H,5-6,8H2,1-2H3,(H2,17,18,19,21,22). The average molecular weight is 356 g/mol. The second kappa shape index (κ2) is 6.71. The number of aromatic nitrogens is 6. The molecule has 136 valence electrons. The molecule has 0 aromatic carbocycles. The number of amides is 1. The molecule has 26 heavy (non-hydrogen) atoms. The van der Waals surface area contributed by atoms with Gasteiger partial charge in [0.25, 0.3) is 0 Å². The van der Waals surface area contributed by atoms with Crippen molar-refractivity contribution in [2.75, 3.05) is 18.4 Å². The maximum Gasteiger partial charge on any atom is 0.244 e. The zero-order valence-electron chi connectivity index (χ0n) is 14.6. The molecule has 0 saturated carbocycles. The molecule has 0 aliphatic carbocycles. The molecule has 1 saturated heterocycles. The molecule has 1 aliphatic rings. The molecule has 2 unspecified atom stereocenters. The highest BCUT2D eigenvalue weighted by atomic mass is 16.5. The molecule has 2 N–H and O–H groups in total. The molecule has 3 aromatic rings.